The van der Waals surface area contributed by atoms with Crippen LogP contribution in [-0.4, -0.2) is 69.3 Å². The van der Waals surface area contributed by atoms with Gasteiger partial charge in [0.25, 0.3) is 0 Å². The van der Waals surface area contributed by atoms with Gasteiger partial charge in [0, 0.05) is 0 Å². The maximum absolute atomic E-state index is 12.7. The summed E-state index contributed by atoms with van der Waals surface area (Å²) in [6.07, 6.45) is -0.361. The van der Waals surface area contributed by atoms with Crippen LogP contribution in [0.5, 0.6) is 0 Å². The molecule has 0 amide bonds. The maximum atomic E-state index is 12.7. The van der Waals surface area contributed by atoms with Crippen molar-refractivity contribution in [3.05, 3.63) is 35.9 Å². The summed E-state index contributed by atoms with van der Waals surface area (Å²) in [7, 11) is 0. The van der Waals surface area contributed by atoms with Gasteiger partial charge >= 0.3 is 23.9 Å². The molecule has 2 unspecified atom stereocenters. The molecule has 2 atom stereocenters. The highest BCUT2D eigenvalue weighted by atomic mass is 16.6. The van der Waals surface area contributed by atoms with Crippen molar-refractivity contribution >= 4 is 23.9 Å². The Morgan fingerprint density at radius 3 is 2.13 bits per heavy atom. The van der Waals surface area contributed by atoms with Crippen LogP contribution in [0.15, 0.2) is 30.3 Å². The zero-order valence-electron chi connectivity index (χ0n) is 18.0. The molecule has 0 bridgehead atoms. The fourth-order valence-electron chi connectivity index (χ4n) is 3.25. The number of aliphatic carboxylic acids is 2. The Morgan fingerprint density at radius 1 is 1.00 bits per heavy atom. The van der Waals surface area contributed by atoms with Crippen LogP contribution in [0.2, 0.25) is 0 Å². The molecule has 172 valence electrons. The van der Waals surface area contributed by atoms with Gasteiger partial charge in [0.05, 0.1) is 18.8 Å². The third-order valence-corrected chi connectivity index (χ3v) is 5.09. The second-order valence-corrected chi connectivity index (χ2v) is 7.36. The number of esters is 2. The van der Waals surface area contributed by atoms with Crippen molar-refractivity contribution in [3.8, 4) is 0 Å². The molecule has 0 spiro atoms. The van der Waals surface area contributed by atoms with E-state index >= 15 is 0 Å². The van der Waals surface area contributed by atoms with E-state index in [0.29, 0.717) is 18.4 Å². The van der Waals surface area contributed by atoms with Gasteiger partial charge in [0.15, 0.2) is 5.60 Å². The average molecular weight is 437 g/mol. The topological polar surface area (TPSA) is 141 Å². The number of rotatable bonds is 14. The highest BCUT2D eigenvalue weighted by Gasteiger charge is 2.42. The Hall–Kier alpha value is -2.78. The summed E-state index contributed by atoms with van der Waals surface area (Å²) in [4.78, 5) is 49.1. The number of unbranched alkanes of at least 4 members (excludes halogenated alkanes) is 1. The van der Waals surface area contributed by atoms with Crippen molar-refractivity contribution in [1.29, 1.82) is 0 Å². The maximum Gasteiger partial charge on any atom is 0.336 e. The zero-order chi connectivity index (χ0) is 23.4. The molecule has 31 heavy (non-hydrogen) atoms. The lowest BCUT2D eigenvalue weighted by atomic mass is 9.93. The van der Waals surface area contributed by atoms with Gasteiger partial charge in [0.1, 0.15) is 0 Å². The first-order valence-corrected chi connectivity index (χ1v) is 10.3. The van der Waals surface area contributed by atoms with Crippen molar-refractivity contribution in [2.24, 2.45) is 0 Å². The molecule has 0 heterocycles. The van der Waals surface area contributed by atoms with Crippen LogP contribution in [0.1, 0.15) is 57.4 Å². The zero-order valence-corrected chi connectivity index (χ0v) is 18.0. The van der Waals surface area contributed by atoms with Crippen LogP contribution >= 0.6 is 0 Å². The summed E-state index contributed by atoms with van der Waals surface area (Å²) >= 11 is 0. The summed E-state index contributed by atoms with van der Waals surface area (Å²) in [5, 5.41) is 27.8. The number of ether oxygens (including phenoxy) is 1. The normalized spacial score (nSPS) is 13.9. The quantitative estimate of drug-likeness (QED) is 0.226. The molecule has 9 heteroatoms. The standard InChI is InChI=1S/C22H31NO8/c1-3-23(4-2)13-9-8-12-17(16-10-6-5-7-11-16)20(27)31-19(26)15-22(30,21(28)29)14-18(24)25/h5-7,10-11,17,30H,3-4,8-9,12-15H2,1-2H3,(H,24,25)(H,28,29). The molecule has 0 aliphatic heterocycles. The minimum atomic E-state index is -2.85. The SMILES string of the molecule is CCN(CC)CCCCC(C(=O)OC(=O)CC(O)(CC(=O)O)C(=O)O)c1ccccc1. The molecule has 0 saturated carbocycles. The Kier molecular flexibility index (Phi) is 10.8. The van der Waals surface area contributed by atoms with E-state index in [1.54, 1.807) is 30.3 Å². The minimum Gasteiger partial charge on any atom is -0.481 e. The molecule has 0 aliphatic carbocycles. The molecule has 0 aliphatic rings. The number of carboxylic acids is 2. The van der Waals surface area contributed by atoms with Crippen molar-refractivity contribution in [2.75, 3.05) is 19.6 Å². The van der Waals surface area contributed by atoms with Gasteiger partial charge in [-0.25, -0.2) is 4.79 Å². The molecular weight excluding hydrogens is 406 g/mol. The van der Waals surface area contributed by atoms with E-state index in [9.17, 15) is 24.3 Å². The second-order valence-electron chi connectivity index (χ2n) is 7.36. The summed E-state index contributed by atoms with van der Waals surface area (Å²) in [5.41, 5.74) is -2.20. The van der Waals surface area contributed by atoms with E-state index in [-0.39, 0.29) is 0 Å². The summed E-state index contributed by atoms with van der Waals surface area (Å²) in [6.45, 7) is 6.88. The Bertz CT molecular complexity index is 747. The smallest absolute Gasteiger partial charge is 0.336 e. The first-order chi connectivity index (χ1) is 14.6. The predicted octanol–water partition coefficient (Wildman–Crippen LogP) is 2.03. The molecule has 1 aromatic rings. The molecular formula is C22H31NO8. The van der Waals surface area contributed by atoms with E-state index in [2.05, 4.69) is 18.7 Å². The van der Waals surface area contributed by atoms with Crippen LogP contribution in [0, 0.1) is 0 Å². The van der Waals surface area contributed by atoms with Crippen molar-refractivity contribution in [2.45, 2.75) is 57.5 Å². The van der Waals surface area contributed by atoms with Gasteiger partial charge in [-0.1, -0.05) is 50.6 Å². The van der Waals surface area contributed by atoms with Crippen LogP contribution in [-0.2, 0) is 23.9 Å². The number of carbonyl (C=O) groups is 4. The number of hydrogen-bond donors (Lipinski definition) is 3. The Balaban J connectivity index is 2.82. The third-order valence-electron chi connectivity index (χ3n) is 5.09. The number of hydrogen-bond acceptors (Lipinski definition) is 7. The Labute approximate surface area is 181 Å². The van der Waals surface area contributed by atoms with Crippen molar-refractivity contribution < 1.29 is 39.2 Å². The predicted molar refractivity (Wildman–Crippen MR) is 111 cm³/mol. The van der Waals surface area contributed by atoms with E-state index in [1.165, 1.54) is 0 Å². The summed E-state index contributed by atoms with van der Waals surface area (Å²) < 4.78 is 4.81. The van der Waals surface area contributed by atoms with E-state index in [4.69, 9.17) is 14.9 Å². The van der Waals surface area contributed by atoms with Gasteiger partial charge in [-0.2, -0.15) is 0 Å². The van der Waals surface area contributed by atoms with E-state index in [1.807, 2.05) is 0 Å². The molecule has 9 nitrogen and oxygen atoms in total. The molecule has 0 saturated heterocycles. The van der Waals surface area contributed by atoms with Gasteiger partial charge in [-0.3, -0.25) is 14.4 Å². The van der Waals surface area contributed by atoms with Crippen LogP contribution < -0.4 is 0 Å². The number of benzene rings is 1. The van der Waals surface area contributed by atoms with Crippen molar-refractivity contribution in [1.82, 2.24) is 4.90 Å². The summed E-state index contributed by atoms with van der Waals surface area (Å²) in [5.74, 6) is -6.36. The minimum absolute atomic E-state index is 0.426. The fraction of sp³-hybridized carbons (Fsp3) is 0.545. The largest absolute Gasteiger partial charge is 0.481 e. The summed E-state index contributed by atoms with van der Waals surface area (Å²) in [6, 6.07) is 8.76. The third kappa shape index (κ3) is 8.85. The fourth-order valence-corrected chi connectivity index (χ4v) is 3.25. The molecule has 0 aromatic heterocycles. The molecule has 0 radical (unpaired) electrons. The molecule has 1 rings (SSSR count). The van der Waals surface area contributed by atoms with Gasteiger partial charge < -0.3 is 25.0 Å². The van der Waals surface area contributed by atoms with Crippen LogP contribution in [0.25, 0.3) is 0 Å². The number of aliphatic hydroxyl groups is 1. The number of nitrogens with zero attached hydrogens (tertiary/aromatic N) is 1. The van der Waals surface area contributed by atoms with Crippen LogP contribution in [0.3, 0.4) is 0 Å². The van der Waals surface area contributed by atoms with Gasteiger partial charge in [-0.15, -0.1) is 0 Å². The second kappa shape index (κ2) is 12.8. The van der Waals surface area contributed by atoms with Gasteiger partial charge in [0.2, 0.25) is 0 Å². The number of carboxylic acid groups (broad SMARTS) is 2. The highest BCUT2D eigenvalue weighted by Crippen LogP contribution is 2.25. The molecule has 1 aromatic carbocycles. The Morgan fingerprint density at radius 2 is 1.61 bits per heavy atom. The van der Waals surface area contributed by atoms with E-state index < -0.39 is 48.2 Å². The first-order valence-electron chi connectivity index (χ1n) is 10.3. The lowest BCUT2D eigenvalue weighted by molar-refractivity contribution is -0.175. The van der Waals surface area contributed by atoms with Crippen molar-refractivity contribution in [3.63, 3.8) is 0 Å². The van der Waals surface area contributed by atoms with Gasteiger partial charge in [-0.05, 0) is 38.0 Å². The van der Waals surface area contributed by atoms with E-state index in [0.717, 1.165) is 26.1 Å². The molecule has 0 fully saturated rings. The lowest BCUT2D eigenvalue weighted by Gasteiger charge is -2.21. The average Bonchev–Trinajstić information content (AvgIpc) is 2.70. The lowest BCUT2D eigenvalue weighted by Crippen LogP contribution is -2.43. The molecule has 3 N–H and O–H groups in total. The highest BCUT2D eigenvalue weighted by molar-refractivity contribution is 5.93. The number of carbonyl (C=O) groups excluding carboxylic acids is 2. The monoisotopic (exact) mass is 437 g/mol. The van der Waals surface area contributed by atoms with Crippen LogP contribution in [0.4, 0.5) is 0 Å². The first kappa shape index (κ1) is 26.3.